The topological polar surface area (TPSA) is 44.9 Å². The molecule has 2 atom stereocenters. The van der Waals surface area contributed by atoms with Crippen molar-refractivity contribution in [1.29, 1.82) is 0 Å². The number of rotatable bonds is 2. The van der Waals surface area contributed by atoms with Crippen molar-refractivity contribution in [3.05, 3.63) is 36.0 Å². The third-order valence-corrected chi connectivity index (χ3v) is 4.58. The maximum Gasteiger partial charge on any atom is 0.182 e. The van der Waals surface area contributed by atoms with Crippen LogP contribution in [-0.2, 0) is 0 Å². The molecule has 18 heavy (non-hydrogen) atoms. The summed E-state index contributed by atoms with van der Waals surface area (Å²) in [7, 11) is 0. The molecular weight excluding hydrogens is 224 g/mol. The summed E-state index contributed by atoms with van der Waals surface area (Å²) in [6, 6.07) is 10.1. The van der Waals surface area contributed by atoms with Crippen molar-refractivity contribution in [2.24, 2.45) is 11.3 Å². The Morgan fingerprint density at radius 3 is 3.00 bits per heavy atom. The van der Waals surface area contributed by atoms with Crippen molar-refractivity contribution in [1.82, 2.24) is 10.3 Å². The smallest absolute Gasteiger partial charge is 0.182 e. The first kappa shape index (κ1) is 10.3. The van der Waals surface area contributed by atoms with Crippen LogP contribution in [0.15, 0.2) is 30.3 Å². The third kappa shape index (κ3) is 1.37. The van der Waals surface area contributed by atoms with Crippen molar-refractivity contribution in [2.45, 2.75) is 12.8 Å². The van der Waals surface area contributed by atoms with Crippen LogP contribution in [-0.4, -0.2) is 23.9 Å². The molecular formula is C15H16N2O. The van der Waals surface area contributed by atoms with Gasteiger partial charge >= 0.3 is 0 Å². The average Bonchev–Trinajstić information content (AvgIpc) is 2.78. The Kier molecular flexibility index (Phi) is 1.98. The molecule has 3 nitrogen and oxygen atoms in total. The van der Waals surface area contributed by atoms with Crippen LogP contribution in [0.3, 0.4) is 0 Å². The molecule has 2 aliphatic rings. The largest absolute Gasteiger partial charge is 0.352 e. The molecule has 2 aromatic rings. The van der Waals surface area contributed by atoms with Gasteiger partial charge in [0.05, 0.1) is 5.69 Å². The second-order valence-electron chi connectivity index (χ2n) is 5.68. The van der Waals surface area contributed by atoms with Gasteiger partial charge in [-0.3, -0.25) is 4.79 Å². The van der Waals surface area contributed by atoms with Gasteiger partial charge in [-0.2, -0.15) is 0 Å². The molecule has 1 saturated carbocycles. The number of H-pyrrole nitrogens is 1. The summed E-state index contributed by atoms with van der Waals surface area (Å²) in [6.45, 7) is 2.08. The molecule has 92 valence electrons. The summed E-state index contributed by atoms with van der Waals surface area (Å²) >= 11 is 0. The number of benzene rings is 1. The van der Waals surface area contributed by atoms with Gasteiger partial charge in [0.25, 0.3) is 0 Å². The molecule has 1 aliphatic carbocycles. The minimum atomic E-state index is 0.237. The number of carbonyl (C=O) groups excluding carboxylic acids is 1. The summed E-state index contributed by atoms with van der Waals surface area (Å²) in [5.41, 5.74) is 2.12. The Balaban J connectivity index is 1.65. The fourth-order valence-corrected chi connectivity index (χ4v) is 3.35. The van der Waals surface area contributed by atoms with Gasteiger partial charge in [0, 0.05) is 23.4 Å². The van der Waals surface area contributed by atoms with Crippen molar-refractivity contribution < 1.29 is 4.79 Å². The Morgan fingerprint density at radius 2 is 2.22 bits per heavy atom. The van der Waals surface area contributed by atoms with Gasteiger partial charge in [0.2, 0.25) is 0 Å². The first-order chi connectivity index (χ1) is 8.78. The molecule has 2 heterocycles. The predicted molar refractivity (Wildman–Crippen MR) is 70.7 cm³/mol. The van der Waals surface area contributed by atoms with Gasteiger partial charge < -0.3 is 10.3 Å². The van der Waals surface area contributed by atoms with E-state index in [-0.39, 0.29) is 11.3 Å². The van der Waals surface area contributed by atoms with Gasteiger partial charge in [-0.15, -0.1) is 0 Å². The zero-order chi connectivity index (χ0) is 12.2. The van der Waals surface area contributed by atoms with Crippen molar-refractivity contribution >= 4 is 16.7 Å². The molecule has 0 bridgehead atoms. The number of aromatic nitrogens is 1. The van der Waals surface area contributed by atoms with Gasteiger partial charge in [0.1, 0.15) is 0 Å². The summed E-state index contributed by atoms with van der Waals surface area (Å²) in [6.07, 6.45) is 2.22. The van der Waals surface area contributed by atoms with Gasteiger partial charge in [-0.1, -0.05) is 18.2 Å². The highest BCUT2D eigenvalue weighted by atomic mass is 16.1. The normalized spacial score (nSPS) is 30.1. The first-order valence-corrected chi connectivity index (χ1v) is 6.61. The highest BCUT2D eigenvalue weighted by Gasteiger charge is 2.58. The van der Waals surface area contributed by atoms with E-state index in [4.69, 9.17) is 0 Å². The molecule has 2 unspecified atom stereocenters. The number of para-hydroxylation sites is 1. The summed E-state index contributed by atoms with van der Waals surface area (Å²) in [4.78, 5) is 15.7. The van der Waals surface area contributed by atoms with Crippen LogP contribution < -0.4 is 5.32 Å². The van der Waals surface area contributed by atoms with E-state index >= 15 is 0 Å². The minimum Gasteiger partial charge on any atom is -0.352 e. The Hall–Kier alpha value is -1.61. The van der Waals surface area contributed by atoms with E-state index in [2.05, 4.69) is 10.3 Å². The number of carbonyl (C=O) groups is 1. The molecule has 1 aliphatic heterocycles. The molecule has 0 amide bonds. The number of Topliss-reactive ketones (excluding diaryl/α,β-unsaturated/α-hetero) is 1. The van der Waals surface area contributed by atoms with Crippen LogP contribution in [0, 0.1) is 11.3 Å². The lowest BCUT2D eigenvalue weighted by Crippen LogP contribution is -2.15. The second kappa shape index (κ2) is 3.45. The molecule has 4 rings (SSSR count). The second-order valence-corrected chi connectivity index (χ2v) is 5.68. The number of aromatic amines is 1. The monoisotopic (exact) mass is 240 g/mol. The third-order valence-electron chi connectivity index (χ3n) is 4.58. The average molecular weight is 240 g/mol. The summed E-state index contributed by atoms with van der Waals surface area (Å²) in [5, 5.41) is 4.50. The number of hydrogen-bond acceptors (Lipinski definition) is 2. The number of nitrogens with one attached hydrogen (secondary N) is 2. The lowest BCUT2D eigenvalue weighted by molar-refractivity contribution is 0.0946. The SMILES string of the molecule is O=C(c1cc2ccccc2[nH]1)C1CC12CCNC2. The number of fused-ring (bicyclic) bond motifs is 1. The van der Waals surface area contributed by atoms with Crippen LogP contribution in [0.5, 0.6) is 0 Å². The lowest BCUT2D eigenvalue weighted by atomic mass is 10.00. The highest BCUT2D eigenvalue weighted by Crippen LogP contribution is 2.57. The van der Waals surface area contributed by atoms with Crippen molar-refractivity contribution in [3.8, 4) is 0 Å². The van der Waals surface area contributed by atoms with E-state index in [0.29, 0.717) is 5.78 Å². The Labute approximate surface area is 106 Å². The Morgan fingerprint density at radius 1 is 1.33 bits per heavy atom. The summed E-state index contributed by atoms with van der Waals surface area (Å²) < 4.78 is 0. The van der Waals surface area contributed by atoms with E-state index in [0.717, 1.165) is 42.5 Å². The van der Waals surface area contributed by atoms with Gasteiger partial charge in [-0.25, -0.2) is 0 Å². The summed E-state index contributed by atoms with van der Waals surface area (Å²) in [5.74, 6) is 0.537. The van der Waals surface area contributed by atoms with E-state index < -0.39 is 0 Å². The first-order valence-electron chi connectivity index (χ1n) is 6.61. The van der Waals surface area contributed by atoms with Gasteiger partial charge in [0.15, 0.2) is 5.78 Å². The predicted octanol–water partition coefficient (Wildman–Crippen LogP) is 2.35. The minimum absolute atomic E-state index is 0.237. The zero-order valence-corrected chi connectivity index (χ0v) is 10.2. The fourth-order valence-electron chi connectivity index (χ4n) is 3.35. The lowest BCUT2D eigenvalue weighted by Gasteiger charge is -2.04. The van der Waals surface area contributed by atoms with Crippen molar-refractivity contribution in [3.63, 3.8) is 0 Å². The number of hydrogen-bond donors (Lipinski definition) is 2. The quantitative estimate of drug-likeness (QED) is 0.791. The van der Waals surface area contributed by atoms with E-state index in [1.54, 1.807) is 0 Å². The van der Waals surface area contributed by atoms with Gasteiger partial charge in [-0.05, 0) is 36.9 Å². The molecule has 1 spiro atoms. The van der Waals surface area contributed by atoms with E-state index in [1.807, 2.05) is 30.3 Å². The fraction of sp³-hybridized carbons (Fsp3) is 0.400. The van der Waals surface area contributed by atoms with Crippen molar-refractivity contribution in [2.75, 3.05) is 13.1 Å². The molecule has 3 heteroatoms. The molecule has 0 radical (unpaired) electrons. The van der Waals surface area contributed by atoms with Crippen LogP contribution >= 0.6 is 0 Å². The van der Waals surface area contributed by atoms with Crippen LogP contribution in [0.2, 0.25) is 0 Å². The molecule has 2 N–H and O–H groups in total. The van der Waals surface area contributed by atoms with E-state index in [9.17, 15) is 4.79 Å². The molecule has 1 aromatic carbocycles. The Bertz CT molecular complexity index is 589. The maximum atomic E-state index is 12.5. The van der Waals surface area contributed by atoms with E-state index in [1.165, 1.54) is 0 Å². The highest BCUT2D eigenvalue weighted by molar-refractivity contribution is 6.02. The maximum absolute atomic E-state index is 12.5. The standard InChI is InChI=1S/C15H16N2O/c18-14(11-8-15(11)5-6-16-9-15)13-7-10-3-1-2-4-12(10)17-13/h1-4,7,11,16-17H,5-6,8-9H2. The molecule has 1 saturated heterocycles. The van der Waals surface area contributed by atoms with Crippen LogP contribution in [0.1, 0.15) is 23.3 Å². The van der Waals surface area contributed by atoms with Crippen LogP contribution in [0.25, 0.3) is 10.9 Å². The van der Waals surface area contributed by atoms with Crippen LogP contribution in [0.4, 0.5) is 0 Å². The number of ketones is 1. The molecule has 1 aromatic heterocycles. The molecule has 2 fully saturated rings. The zero-order valence-electron chi connectivity index (χ0n) is 10.2.